The zero-order valence-corrected chi connectivity index (χ0v) is 23.9. The van der Waals surface area contributed by atoms with E-state index in [1.54, 1.807) is 17.4 Å². The highest BCUT2D eigenvalue weighted by Gasteiger charge is 2.15. The number of nitrogens with zero attached hydrogens (tertiary/aromatic N) is 2. The van der Waals surface area contributed by atoms with Gasteiger partial charge >= 0.3 is 5.97 Å². The lowest BCUT2D eigenvalue weighted by Crippen LogP contribution is -2.10. The predicted molar refractivity (Wildman–Crippen MR) is 175 cm³/mol. The molecule has 0 saturated carbocycles. The van der Waals surface area contributed by atoms with Gasteiger partial charge in [-0.25, -0.2) is 4.79 Å². The number of nitriles is 1. The Bertz CT molecular complexity index is 1970. The maximum atomic E-state index is 11.3. The highest BCUT2D eigenvalue weighted by molar-refractivity contribution is 7.25. The van der Waals surface area contributed by atoms with Crippen LogP contribution in [0.15, 0.2) is 127 Å². The third kappa shape index (κ3) is 5.54. The highest BCUT2D eigenvalue weighted by Crippen LogP contribution is 2.39. The van der Waals surface area contributed by atoms with Crippen molar-refractivity contribution in [3.05, 3.63) is 143 Å². The van der Waals surface area contributed by atoms with Crippen LogP contribution in [0.1, 0.15) is 29.5 Å². The van der Waals surface area contributed by atoms with Gasteiger partial charge in [0.1, 0.15) is 11.6 Å². The van der Waals surface area contributed by atoms with Crippen LogP contribution in [0.2, 0.25) is 0 Å². The van der Waals surface area contributed by atoms with Gasteiger partial charge in [0.2, 0.25) is 0 Å². The van der Waals surface area contributed by atoms with Crippen molar-refractivity contribution in [2.24, 2.45) is 0 Å². The van der Waals surface area contributed by atoms with Gasteiger partial charge in [0.05, 0.1) is 0 Å². The molecule has 0 amide bonds. The second-order valence-electron chi connectivity index (χ2n) is 10.3. The van der Waals surface area contributed by atoms with Crippen molar-refractivity contribution in [3.63, 3.8) is 0 Å². The number of carboxylic acids is 1. The van der Waals surface area contributed by atoms with Crippen LogP contribution in [0.4, 0.5) is 11.4 Å². The largest absolute Gasteiger partial charge is 0.477 e. The SMILES string of the molecule is Cc1ccc(N(/C=C(/C2=CCCC=C2)c2ccccc2)c2ccc3c(c2)sc2cc(/C=C(\C#N)C(=O)O)ccc23)cc1. The summed E-state index contributed by atoms with van der Waals surface area (Å²) in [6, 6.07) is 33.2. The summed E-state index contributed by atoms with van der Waals surface area (Å²) in [7, 11) is 0. The van der Waals surface area contributed by atoms with Crippen LogP contribution in [0, 0.1) is 18.3 Å². The molecule has 204 valence electrons. The number of aryl methyl sites for hydroxylation is 1. The number of carboxylic acid groups (broad SMARTS) is 1. The first-order chi connectivity index (χ1) is 20.5. The minimum atomic E-state index is -1.22. The zero-order chi connectivity index (χ0) is 29.1. The Morgan fingerprint density at radius 3 is 2.31 bits per heavy atom. The van der Waals surface area contributed by atoms with Crippen molar-refractivity contribution in [1.29, 1.82) is 5.26 Å². The number of hydrogen-bond acceptors (Lipinski definition) is 4. The van der Waals surface area contributed by atoms with Gasteiger partial charge in [-0.3, -0.25) is 0 Å². The molecule has 1 aliphatic rings. The molecule has 6 rings (SSSR count). The van der Waals surface area contributed by atoms with Crippen molar-refractivity contribution in [2.75, 3.05) is 4.90 Å². The van der Waals surface area contributed by atoms with Gasteiger partial charge in [-0.15, -0.1) is 11.3 Å². The summed E-state index contributed by atoms with van der Waals surface area (Å²) in [5, 5.41) is 20.7. The minimum Gasteiger partial charge on any atom is -0.477 e. The number of rotatable bonds is 7. The van der Waals surface area contributed by atoms with Gasteiger partial charge in [-0.2, -0.15) is 5.26 Å². The molecule has 5 aromatic rings. The summed E-state index contributed by atoms with van der Waals surface area (Å²) in [5.74, 6) is -1.22. The first kappa shape index (κ1) is 27.0. The van der Waals surface area contributed by atoms with Gasteiger partial charge in [0, 0.05) is 43.3 Å². The Hall–Kier alpha value is -5.18. The quantitative estimate of drug-likeness (QED) is 0.158. The lowest BCUT2D eigenvalue weighted by molar-refractivity contribution is -0.132. The predicted octanol–water partition coefficient (Wildman–Crippen LogP) is 9.81. The molecule has 1 heterocycles. The monoisotopic (exact) mass is 564 g/mol. The number of allylic oxidation sites excluding steroid dienone is 5. The van der Waals surface area contributed by atoms with E-state index in [2.05, 4.69) is 103 Å². The maximum Gasteiger partial charge on any atom is 0.346 e. The van der Waals surface area contributed by atoms with Crippen LogP contribution in [0.5, 0.6) is 0 Å². The first-order valence-corrected chi connectivity index (χ1v) is 14.6. The number of anilines is 2. The van der Waals surface area contributed by atoms with Gasteiger partial charge in [0.15, 0.2) is 0 Å². The Morgan fingerprint density at radius 1 is 0.905 bits per heavy atom. The number of aliphatic carboxylic acids is 1. The lowest BCUT2D eigenvalue weighted by Gasteiger charge is -2.24. The van der Waals surface area contributed by atoms with Crippen LogP contribution >= 0.6 is 11.3 Å². The number of fused-ring (bicyclic) bond motifs is 3. The molecule has 42 heavy (non-hydrogen) atoms. The van der Waals surface area contributed by atoms with Gasteiger partial charge < -0.3 is 10.0 Å². The summed E-state index contributed by atoms with van der Waals surface area (Å²) < 4.78 is 2.17. The molecule has 1 aliphatic carbocycles. The molecule has 1 aromatic heterocycles. The van der Waals surface area contributed by atoms with Crippen molar-refractivity contribution in [3.8, 4) is 6.07 Å². The molecule has 0 saturated heterocycles. The fourth-order valence-corrected chi connectivity index (χ4v) is 6.40. The molecule has 4 nitrogen and oxygen atoms in total. The molecule has 0 fully saturated rings. The molecule has 0 radical (unpaired) electrons. The van der Waals surface area contributed by atoms with E-state index in [0.717, 1.165) is 55.5 Å². The first-order valence-electron chi connectivity index (χ1n) is 13.8. The number of carbonyl (C=O) groups is 1. The number of thiophene rings is 1. The van der Waals surface area contributed by atoms with E-state index >= 15 is 0 Å². The third-order valence-electron chi connectivity index (χ3n) is 7.38. The molecular formula is C37H28N2O2S. The van der Waals surface area contributed by atoms with E-state index in [9.17, 15) is 15.2 Å². The fraction of sp³-hybridized carbons (Fsp3) is 0.0811. The summed E-state index contributed by atoms with van der Waals surface area (Å²) in [5.41, 5.74) is 7.27. The summed E-state index contributed by atoms with van der Waals surface area (Å²) in [6.45, 7) is 2.10. The fourth-order valence-electron chi connectivity index (χ4n) is 5.21. The molecule has 0 unspecified atom stereocenters. The van der Waals surface area contributed by atoms with Crippen LogP contribution < -0.4 is 4.90 Å². The minimum absolute atomic E-state index is 0.282. The van der Waals surface area contributed by atoms with Crippen LogP contribution in [0.25, 0.3) is 31.8 Å². The average molecular weight is 565 g/mol. The second kappa shape index (κ2) is 11.7. The number of benzene rings is 4. The molecule has 0 atom stereocenters. The van der Waals surface area contributed by atoms with E-state index in [-0.39, 0.29) is 5.57 Å². The average Bonchev–Trinajstić information content (AvgIpc) is 3.38. The molecule has 5 heteroatoms. The van der Waals surface area contributed by atoms with Crippen LogP contribution in [-0.2, 0) is 4.79 Å². The van der Waals surface area contributed by atoms with Crippen LogP contribution in [-0.4, -0.2) is 11.1 Å². The standard InChI is InChI=1S/C37H28N2O2S/c1-25-12-15-30(16-13-25)39(24-34(27-8-4-2-5-9-27)28-10-6-3-7-11-28)31-17-19-33-32-18-14-26(20-29(23-38)37(40)41)21-35(32)42-36(33)22-31/h2,4-6,8-22,24H,3,7H2,1H3,(H,40,41)/b29-20+,34-24+. The molecule has 1 N–H and O–H groups in total. The summed E-state index contributed by atoms with van der Waals surface area (Å²) in [6.07, 6.45) is 12.5. The smallest absolute Gasteiger partial charge is 0.346 e. The second-order valence-corrected chi connectivity index (χ2v) is 11.4. The Kier molecular flexibility index (Phi) is 7.55. The van der Waals surface area contributed by atoms with E-state index in [1.165, 1.54) is 17.2 Å². The summed E-state index contributed by atoms with van der Waals surface area (Å²) in [4.78, 5) is 13.6. The normalized spacial score (nSPS) is 13.7. The maximum absolute atomic E-state index is 11.3. The van der Waals surface area contributed by atoms with Gasteiger partial charge in [-0.05, 0) is 72.9 Å². The zero-order valence-electron chi connectivity index (χ0n) is 23.1. The third-order valence-corrected chi connectivity index (χ3v) is 8.50. The van der Waals surface area contributed by atoms with Crippen molar-refractivity contribution in [1.82, 2.24) is 0 Å². The summed E-state index contributed by atoms with van der Waals surface area (Å²) >= 11 is 1.66. The molecule has 4 aromatic carbocycles. The highest BCUT2D eigenvalue weighted by atomic mass is 32.1. The Labute approximate surface area is 249 Å². The topological polar surface area (TPSA) is 64.3 Å². The molecule has 0 spiro atoms. The van der Waals surface area contributed by atoms with E-state index in [0.29, 0.717) is 5.56 Å². The van der Waals surface area contributed by atoms with E-state index in [1.807, 2.05) is 24.3 Å². The lowest BCUT2D eigenvalue weighted by atomic mass is 9.94. The Morgan fingerprint density at radius 2 is 1.62 bits per heavy atom. The molecule has 0 aliphatic heterocycles. The molecule has 0 bridgehead atoms. The van der Waals surface area contributed by atoms with E-state index in [4.69, 9.17) is 0 Å². The van der Waals surface area contributed by atoms with Crippen LogP contribution in [0.3, 0.4) is 0 Å². The van der Waals surface area contributed by atoms with Crippen molar-refractivity contribution < 1.29 is 9.90 Å². The molecular weight excluding hydrogens is 536 g/mol. The Balaban J connectivity index is 1.50. The van der Waals surface area contributed by atoms with Gasteiger partial charge in [-0.1, -0.05) is 84.5 Å². The number of hydrogen-bond donors (Lipinski definition) is 1. The van der Waals surface area contributed by atoms with Crippen molar-refractivity contribution in [2.45, 2.75) is 19.8 Å². The van der Waals surface area contributed by atoms with E-state index < -0.39 is 5.97 Å². The van der Waals surface area contributed by atoms with Gasteiger partial charge in [0.25, 0.3) is 0 Å². The van der Waals surface area contributed by atoms with Crippen molar-refractivity contribution >= 4 is 60.5 Å².